The van der Waals surface area contributed by atoms with Crippen LogP contribution in [0.4, 0.5) is 13.2 Å². The molecule has 0 spiro atoms. The number of rotatable bonds is 8. The number of esters is 1. The summed E-state index contributed by atoms with van der Waals surface area (Å²) in [5.41, 5.74) is 0.463. The van der Waals surface area contributed by atoms with Crippen LogP contribution in [0, 0.1) is 5.92 Å². The summed E-state index contributed by atoms with van der Waals surface area (Å²) in [7, 11) is 2.92. The van der Waals surface area contributed by atoms with Crippen LogP contribution in [0.25, 0.3) is 0 Å². The molecule has 140 valence electrons. The van der Waals surface area contributed by atoms with Crippen LogP contribution in [0.2, 0.25) is 0 Å². The van der Waals surface area contributed by atoms with Crippen molar-refractivity contribution in [2.45, 2.75) is 25.7 Å². The number of nitrogens with one attached hydrogen (secondary N) is 2. The van der Waals surface area contributed by atoms with Gasteiger partial charge in [-0.1, -0.05) is 19.1 Å². The number of amides is 1. The topological polar surface area (TPSA) is 76.7 Å². The molecule has 0 aliphatic carbocycles. The van der Waals surface area contributed by atoms with E-state index < -0.39 is 18.4 Å². The number of ether oxygens (including phenoxy) is 2. The Labute approximate surface area is 143 Å². The number of hydrogen-bond donors (Lipinski definition) is 2. The second kappa shape index (κ2) is 9.26. The summed E-state index contributed by atoms with van der Waals surface area (Å²) in [6.07, 6.45) is -4.93. The number of hydrogen-bond acceptors (Lipinski definition) is 5. The third kappa shape index (κ3) is 7.42. The van der Waals surface area contributed by atoms with E-state index in [1.165, 1.54) is 19.2 Å². The van der Waals surface area contributed by atoms with Crippen LogP contribution >= 0.6 is 0 Å². The maximum absolute atomic E-state index is 12.2. The smallest absolute Gasteiger partial charge is 0.469 e. The number of carbonyl (C=O) groups excluding carboxylic acids is 2. The molecule has 1 amide bonds. The molecular formula is C16H21F3N2O4. The van der Waals surface area contributed by atoms with Crippen molar-refractivity contribution in [1.82, 2.24) is 10.6 Å². The van der Waals surface area contributed by atoms with Gasteiger partial charge in [0.05, 0.1) is 19.6 Å². The molecule has 0 aliphatic rings. The van der Waals surface area contributed by atoms with Gasteiger partial charge in [-0.2, -0.15) is 0 Å². The van der Waals surface area contributed by atoms with Gasteiger partial charge < -0.3 is 20.1 Å². The van der Waals surface area contributed by atoms with E-state index in [2.05, 4.69) is 20.1 Å². The Morgan fingerprint density at radius 1 is 1.20 bits per heavy atom. The SMILES string of the molecule is CNCC(C)C(=O)NC(CC(=O)OC)c1ccc(OC(F)(F)F)cc1. The quantitative estimate of drug-likeness (QED) is 0.693. The predicted octanol–water partition coefficient (Wildman–Crippen LogP) is 2.16. The number of benzene rings is 1. The van der Waals surface area contributed by atoms with E-state index >= 15 is 0 Å². The summed E-state index contributed by atoms with van der Waals surface area (Å²) in [6, 6.07) is 4.24. The van der Waals surface area contributed by atoms with Crippen LogP contribution in [0.15, 0.2) is 24.3 Å². The Morgan fingerprint density at radius 3 is 2.28 bits per heavy atom. The van der Waals surface area contributed by atoms with Crippen LogP contribution in [0.1, 0.15) is 24.9 Å². The highest BCUT2D eigenvalue weighted by molar-refractivity contribution is 5.80. The van der Waals surface area contributed by atoms with Gasteiger partial charge in [-0.15, -0.1) is 13.2 Å². The Kier molecular flexibility index (Phi) is 7.69. The third-order valence-corrected chi connectivity index (χ3v) is 3.39. The first-order valence-corrected chi connectivity index (χ1v) is 7.53. The zero-order valence-corrected chi connectivity index (χ0v) is 14.1. The molecule has 0 saturated carbocycles. The zero-order chi connectivity index (χ0) is 19.0. The summed E-state index contributed by atoms with van der Waals surface area (Å²) in [4.78, 5) is 23.7. The van der Waals surface area contributed by atoms with Crippen molar-refractivity contribution in [3.8, 4) is 5.75 Å². The fourth-order valence-corrected chi connectivity index (χ4v) is 2.12. The highest BCUT2D eigenvalue weighted by Gasteiger charge is 2.31. The van der Waals surface area contributed by atoms with Gasteiger partial charge >= 0.3 is 12.3 Å². The van der Waals surface area contributed by atoms with E-state index in [4.69, 9.17) is 0 Å². The van der Waals surface area contributed by atoms with Gasteiger partial charge in [-0.3, -0.25) is 9.59 Å². The first-order valence-electron chi connectivity index (χ1n) is 7.53. The molecule has 9 heteroatoms. The molecule has 1 aromatic carbocycles. The van der Waals surface area contributed by atoms with Gasteiger partial charge in [-0.05, 0) is 24.7 Å². The van der Waals surface area contributed by atoms with Gasteiger partial charge in [0.15, 0.2) is 0 Å². The molecule has 1 rings (SSSR count). The lowest BCUT2D eigenvalue weighted by molar-refractivity contribution is -0.274. The van der Waals surface area contributed by atoms with E-state index in [-0.39, 0.29) is 24.0 Å². The van der Waals surface area contributed by atoms with Crippen LogP contribution in [0.3, 0.4) is 0 Å². The maximum atomic E-state index is 12.2. The van der Waals surface area contributed by atoms with E-state index in [1.54, 1.807) is 14.0 Å². The van der Waals surface area contributed by atoms with Crippen LogP contribution < -0.4 is 15.4 Å². The largest absolute Gasteiger partial charge is 0.573 e. The van der Waals surface area contributed by atoms with E-state index in [1.807, 2.05) is 0 Å². The van der Waals surface area contributed by atoms with Crippen molar-refractivity contribution in [2.24, 2.45) is 5.92 Å². The molecule has 2 atom stereocenters. The Bertz CT molecular complexity index is 576. The monoisotopic (exact) mass is 362 g/mol. The molecule has 0 saturated heterocycles. The first kappa shape index (κ1) is 20.8. The van der Waals surface area contributed by atoms with Crippen molar-refractivity contribution in [2.75, 3.05) is 20.7 Å². The molecule has 0 aromatic heterocycles. The third-order valence-electron chi connectivity index (χ3n) is 3.39. The molecule has 1 aromatic rings. The first-order chi connectivity index (χ1) is 11.7. The van der Waals surface area contributed by atoms with Gasteiger partial charge in [0.25, 0.3) is 0 Å². The Hall–Kier alpha value is -2.29. The summed E-state index contributed by atoms with van der Waals surface area (Å²) in [5.74, 6) is -1.58. The van der Waals surface area contributed by atoms with E-state index in [9.17, 15) is 22.8 Å². The minimum atomic E-state index is -4.79. The summed E-state index contributed by atoms with van der Waals surface area (Å²) in [6.45, 7) is 2.15. The van der Waals surface area contributed by atoms with E-state index in [0.717, 1.165) is 12.1 Å². The van der Waals surface area contributed by atoms with Gasteiger partial charge in [0.2, 0.25) is 5.91 Å². The molecule has 2 N–H and O–H groups in total. The van der Waals surface area contributed by atoms with E-state index in [0.29, 0.717) is 12.1 Å². The average Bonchev–Trinajstić information content (AvgIpc) is 2.53. The number of carbonyl (C=O) groups is 2. The van der Waals surface area contributed by atoms with Crippen LogP contribution in [-0.4, -0.2) is 38.9 Å². The Morgan fingerprint density at radius 2 is 1.80 bits per heavy atom. The number of alkyl halides is 3. The number of methoxy groups -OCH3 is 1. The number of halogens is 3. The van der Waals surface area contributed by atoms with Gasteiger partial charge in [0.1, 0.15) is 5.75 Å². The van der Waals surface area contributed by atoms with Gasteiger partial charge in [0, 0.05) is 12.5 Å². The molecule has 0 fully saturated rings. The molecule has 6 nitrogen and oxygen atoms in total. The van der Waals surface area contributed by atoms with Crippen LogP contribution in [0.5, 0.6) is 5.75 Å². The molecule has 0 heterocycles. The van der Waals surface area contributed by atoms with Crippen molar-refractivity contribution >= 4 is 11.9 Å². The molecule has 2 unspecified atom stereocenters. The lowest BCUT2D eigenvalue weighted by atomic mass is 10.0. The van der Waals surface area contributed by atoms with Crippen molar-refractivity contribution < 1.29 is 32.2 Å². The molecule has 25 heavy (non-hydrogen) atoms. The maximum Gasteiger partial charge on any atom is 0.573 e. The molecule has 0 radical (unpaired) electrons. The fourth-order valence-electron chi connectivity index (χ4n) is 2.12. The lowest BCUT2D eigenvalue weighted by Crippen LogP contribution is -2.37. The molecule has 0 bridgehead atoms. The predicted molar refractivity (Wildman–Crippen MR) is 83.7 cm³/mol. The molecule has 0 aliphatic heterocycles. The minimum absolute atomic E-state index is 0.145. The molecular weight excluding hydrogens is 341 g/mol. The van der Waals surface area contributed by atoms with Crippen LogP contribution in [-0.2, 0) is 14.3 Å². The summed E-state index contributed by atoms with van der Waals surface area (Å²) >= 11 is 0. The normalized spacial score (nSPS) is 13.7. The second-order valence-corrected chi connectivity index (χ2v) is 5.42. The zero-order valence-electron chi connectivity index (χ0n) is 14.1. The highest BCUT2D eigenvalue weighted by Crippen LogP contribution is 2.25. The summed E-state index contributed by atoms with van der Waals surface area (Å²) < 4.78 is 45.0. The Balaban J connectivity index is 2.91. The van der Waals surface area contributed by atoms with Crippen molar-refractivity contribution in [1.29, 1.82) is 0 Å². The van der Waals surface area contributed by atoms with Crippen molar-refractivity contribution in [3.05, 3.63) is 29.8 Å². The minimum Gasteiger partial charge on any atom is -0.469 e. The van der Waals surface area contributed by atoms with Gasteiger partial charge in [-0.25, -0.2) is 0 Å². The highest BCUT2D eigenvalue weighted by atomic mass is 19.4. The second-order valence-electron chi connectivity index (χ2n) is 5.42. The van der Waals surface area contributed by atoms with Crippen molar-refractivity contribution in [3.63, 3.8) is 0 Å². The standard InChI is InChI=1S/C16H21F3N2O4/c1-10(9-20-2)15(23)21-13(8-14(22)24-3)11-4-6-12(7-5-11)25-16(17,18)19/h4-7,10,13,20H,8-9H2,1-3H3,(H,21,23). The summed E-state index contributed by atoms with van der Waals surface area (Å²) in [5, 5.41) is 5.58. The fraction of sp³-hybridized carbons (Fsp3) is 0.500. The lowest BCUT2D eigenvalue weighted by Gasteiger charge is -2.21. The average molecular weight is 362 g/mol.